The molecule has 6 heteroatoms. The van der Waals surface area contributed by atoms with Crippen molar-refractivity contribution < 1.29 is 4.79 Å². The average Bonchev–Trinajstić information content (AvgIpc) is 3.11. The lowest BCUT2D eigenvalue weighted by atomic mass is 9.89. The van der Waals surface area contributed by atoms with Crippen LogP contribution in [0.1, 0.15) is 69.3 Å². The summed E-state index contributed by atoms with van der Waals surface area (Å²) in [7, 11) is 0. The van der Waals surface area contributed by atoms with Gasteiger partial charge in [-0.05, 0) is 32.3 Å². The summed E-state index contributed by atoms with van der Waals surface area (Å²) in [5.74, 6) is 1.53. The number of rotatable bonds is 8. The van der Waals surface area contributed by atoms with E-state index >= 15 is 0 Å². The van der Waals surface area contributed by atoms with Crippen molar-refractivity contribution in [3.63, 3.8) is 0 Å². The monoisotopic (exact) mass is 398 g/mol. The van der Waals surface area contributed by atoms with Crippen molar-refractivity contribution in [1.82, 2.24) is 20.1 Å². The minimum absolute atomic E-state index is 0.00808. The van der Waals surface area contributed by atoms with Crippen LogP contribution in [0.15, 0.2) is 48.1 Å². The van der Waals surface area contributed by atoms with Crippen LogP contribution in [0.5, 0.6) is 0 Å². The molecular weight excluding hydrogens is 368 g/mol. The number of hydrogen-bond acceptors (Lipinski definition) is 4. The summed E-state index contributed by atoms with van der Waals surface area (Å²) in [5, 5.41) is 12.6. The highest BCUT2D eigenvalue weighted by atomic mass is 32.2. The molecule has 0 bridgehead atoms. The first-order chi connectivity index (χ1) is 13.6. The van der Waals surface area contributed by atoms with Crippen molar-refractivity contribution in [2.75, 3.05) is 0 Å². The minimum Gasteiger partial charge on any atom is -0.349 e. The van der Waals surface area contributed by atoms with Crippen molar-refractivity contribution in [3.8, 4) is 0 Å². The maximum atomic E-state index is 12.7. The van der Waals surface area contributed by atoms with Gasteiger partial charge in [0.2, 0.25) is 5.91 Å². The standard InChI is InChI=1S/C22H30N4OS/c1-4-15-26-20(19-13-9-6-10-14-19)24-25-22(26)28-17(3)21(27)23-16(2)18-11-7-5-8-12-18/h4-5,7-8,11-12,16-17,19H,1,6,9-10,13-15H2,2-3H3,(H,23,27)/t16-,17+/m0/s1. The van der Waals surface area contributed by atoms with Gasteiger partial charge in [-0.25, -0.2) is 0 Å². The Bertz CT molecular complexity index is 783. The Morgan fingerprint density at radius 3 is 2.64 bits per heavy atom. The van der Waals surface area contributed by atoms with Crippen LogP contribution in [-0.4, -0.2) is 25.9 Å². The van der Waals surface area contributed by atoms with E-state index in [9.17, 15) is 4.79 Å². The number of nitrogens with zero attached hydrogens (tertiary/aromatic N) is 3. The Labute approximate surface area is 172 Å². The molecule has 0 radical (unpaired) electrons. The summed E-state index contributed by atoms with van der Waals surface area (Å²) in [4.78, 5) is 12.7. The van der Waals surface area contributed by atoms with E-state index in [1.165, 1.54) is 43.9 Å². The van der Waals surface area contributed by atoms with Gasteiger partial charge >= 0.3 is 0 Å². The highest BCUT2D eigenvalue weighted by Gasteiger charge is 2.25. The maximum absolute atomic E-state index is 12.7. The largest absolute Gasteiger partial charge is 0.349 e. The molecule has 5 nitrogen and oxygen atoms in total. The van der Waals surface area contributed by atoms with E-state index in [0.29, 0.717) is 12.5 Å². The van der Waals surface area contributed by atoms with Gasteiger partial charge in [-0.15, -0.1) is 16.8 Å². The normalized spacial score (nSPS) is 17.1. The molecule has 0 spiro atoms. The maximum Gasteiger partial charge on any atom is 0.233 e. The third-order valence-electron chi connectivity index (χ3n) is 5.34. The lowest BCUT2D eigenvalue weighted by Gasteiger charge is -2.22. The Morgan fingerprint density at radius 1 is 1.25 bits per heavy atom. The first-order valence-electron chi connectivity index (χ1n) is 10.2. The van der Waals surface area contributed by atoms with Gasteiger partial charge in [0.1, 0.15) is 5.82 Å². The predicted molar refractivity (Wildman–Crippen MR) is 114 cm³/mol. The minimum atomic E-state index is -0.252. The molecule has 1 heterocycles. The first-order valence-corrected chi connectivity index (χ1v) is 11.0. The number of nitrogens with one attached hydrogen (secondary N) is 1. The molecule has 1 saturated carbocycles. The van der Waals surface area contributed by atoms with Gasteiger partial charge in [0.15, 0.2) is 5.16 Å². The fourth-order valence-electron chi connectivity index (χ4n) is 3.72. The SMILES string of the molecule is C=CCn1c(S[C@H](C)C(=O)N[C@@H](C)c2ccccc2)nnc1C1CCCCC1. The molecule has 3 rings (SSSR count). The lowest BCUT2D eigenvalue weighted by molar-refractivity contribution is -0.120. The molecule has 1 aromatic carbocycles. The van der Waals surface area contributed by atoms with Crippen LogP contribution in [0, 0.1) is 0 Å². The molecule has 2 atom stereocenters. The Morgan fingerprint density at radius 2 is 1.96 bits per heavy atom. The number of benzene rings is 1. The number of amides is 1. The van der Waals surface area contributed by atoms with E-state index in [4.69, 9.17) is 0 Å². The molecule has 1 fully saturated rings. The van der Waals surface area contributed by atoms with Gasteiger partial charge in [-0.1, -0.05) is 67.4 Å². The van der Waals surface area contributed by atoms with E-state index in [2.05, 4.69) is 26.7 Å². The second kappa shape index (κ2) is 9.92. The number of hydrogen-bond donors (Lipinski definition) is 1. The van der Waals surface area contributed by atoms with Crippen LogP contribution < -0.4 is 5.32 Å². The van der Waals surface area contributed by atoms with E-state index in [-0.39, 0.29) is 17.2 Å². The van der Waals surface area contributed by atoms with Gasteiger partial charge in [0.05, 0.1) is 11.3 Å². The summed E-state index contributed by atoms with van der Waals surface area (Å²) in [6.07, 6.45) is 8.04. The van der Waals surface area contributed by atoms with Gasteiger partial charge in [0, 0.05) is 12.5 Å². The molecule has 1 aromatic heterocycles. The van der Waals surface area contributed by atoms with Crippen LogP contribution >= 0.6 is 11.8 Å². The Hall–Kier alpha value is -2.08. The Balaban J connectivity index is 1.67. The zero-order valence-corrected chi connectivity index (χ0v) is 17.6. The molecule has 1 aliphatic rings. The van der Waals surface area contributed by atoms with Crippen molar-refractivity contribution in [3.05, 3.63) is 54.4 Å². The fraction of sp³-hybridized carbons (Fsp3) is 0.500. The second-order valence-electron chi connectivity index (χ2n) is 7.48. The molecular formula is C22H30N4OS. The zero-order chi connectivity index (χ0) is 19.9. The molecule has 0 unspecified atom stereocenters. The fourth-order valence-corrected chi connectivity index (χ4v) is 4.59. The van der Waals surface area contributed by atoms with Crippen molar-refractivity contribution in [2.24, 2.45) is 0 Å². The van der Waals surface area contributed by atoms with Crippen LogP contribution in [0.4, 0.5) is 0 Å². The van der Waals surface area contributed by atoms with Crippen LogP contribution in [0.2, 0.25) is 0 Å². The molecule has 0 aliphatic heterocycles. The van der Waals surface area contributed by atoms with Crippen LogP contribution in [-0.2, 0) is 11.3 Å². The van der Waals surface area contributed by atoms with Gasteiger partial charge < -0.3 is 9.88 Å². The van der Waals surface area contributed by atoms with E-state index in [1.807, 2.05) is 50.3 Å². The first kappa shape index (κ1) is 20.6. The van der Waals surface area contributed by atoms with Gasteiger partial charge in [-0.3, -0.25) is 4.79 Å². The highest BCUT2D eigenvalue weighted by Crippen LogP contribution is 2.34. The molecule has 150 valence electrons. The highest BCUT2D eigenvalue weighted by molar-refractivity contribution is 8.00. The van der Waals surface area contributed by atoms with Crippen molar-refractivity contribution >= 4 is 17.7 Å². The van der Waals surface area contributed by atoms with E-state index in [1.54, 1.807) is 0 Å². The average molecular weight is 399 g/mol. The smallest absolute Gasteiger partial charge is 0.233 e. The van der Waals surface area contributed by atoms with Crippen molar-refractivity contribution in [2.45, 2.75) is 74.9 Å². The third kappa shape index (κ3) is 5.04. The van der Waals surface area contributed by atoms with Crippen LogP contribution in [0.25, 0.3) is 0 Å². The molecule has 2 aromatic rings. The van der Waals surface area contributed by atoms with E-state index < -0.39 is 0 Å². The summed E-state index contributed by atoms with van der Waals surface area (Å²) < 4.78 is 2.14. The Kier molecular flexibility index (Phi) is 7.31. The summed E-state index contributed by atoms with van der Waals surface area (Å²) in [6, 6.07) is 9.98. The predicted octanol–water partition coefficient (Wildman–Crippen LogP) is 4.87. The van der Waals surface area contributed by atoms with Crippen LogP contribution in [0.3, 0.4) is 0 Å². The number of carbonyl (C=O) groups is 1. The van der Waals surface area contributed by atoms with Gasteiger partial charge in [-0.2, -0.15) is 0 Å². The summed E-state index contributed by atoms with van der Waals surface area (Å²) >= 11 is 1.47. The topological polar surface area (TPSA) is 59.8 Å². The summed E-state index contributed by atoms with van der Waals surface area (Å²) in [6.45, 7) is 8.49. The second-order valence-corrected chi connectivity index (χ2v) is 8.78. The molecule has 0 saturated heterocycles. The molecule has 1 N–H and O–H groups in total. The lowest BCUT2D eigenvalue weighted by Crippen LogP contribution is -2.33. The molecule has 28 heavy (non-hydrogen) atoms. The third-order valence-corrected chi connectivity index (χ3v) is 6.42. The number of thioether (sulfide) groups is 1. The van der Waals surface area contributed by atoms with Crippen molar-refractivity contribution in [1.29, 1.82) is 0 Å². The number of allylic oxidation sites excluding steroid dienone is 1. The molecule has 1 aliphatic carbocycles. The summed E-state index contributed by atoms with van der Waals surface area (Å²) in [5.41, 5.74) is 1.10. The van der Waals surface area contributed by atoms with E-state index in [0.717, 1.165) is 16.5 Å². The molecule has 1 amide bonds. The zero-order valence-electron chi connectivity index (χ0n) is 16.8. The van der Waals surface area contributed by atoms with Gasteiger partial charge in [0.25, 0.3) is 0 Å². The number of aromatic nitrogens is 3. The number of carbonyl (C=O) groups excluding carboxylic acids is 1. The quantitative estimate of drug-likeness (QED) is 0.509.